The Bertz CT molecular complexity index is 675. The molecular formula is C16H13BrN2O2. The van der Waals surface area contributed by atoms with Crippen LogP contribution in [0.15, 0.2) is 58.2 Å². The van der Waals surface area contributed by atoms with Gasteiger partial charge in [-0.15, -0.1) is 0 Å². The van der Waals surface area contributed by atoms with E-state index in [1.165, 1.54) is 7.11 Å². The molecule has 0 radical (unpaired) electrons. The van der Waals surface area contributed by atoms with E-state index in [-0.39, 0.29) is 5.71 Å². The van der Waals surface area contributed by atoms with Gasteiger partial charge in [0, 0.05) is 10.0 Å². The van der Waals surface area contributed by atoms with Crippen molar-refractivity contribution in [3.63, 3.8) is 0 Å². The summed E-state index contributed by atoms with van der Waals surface area (Å²) in [5.74, 6) is 0.759. The molecule has 0 bridgehead atoms. The molecule has 5 heteroatoms. The summed E-state index contributed by atoms with van der Waals surface area (Å²) >= 11 is 3.38. The third-order valence-corrected chi connectivity index (χ3v) is 3.30. The fraction of sp³-hybridized carbons (Fsp3) is 0.125. The number of ether oxygens (including phenoxy) is 1. The Kier molecular flexibility index (Phi) is 5.35. The van der Waals surface area contributed by atoms with Gasteiger partial charge in [-0.1, -0.05) is 45.4 Å². The lowest BCUT2D eigenvalue weighted by Gasteiger charge is -2.10. The van der Waals surface area contributed by atoms with Crippen molar-refractivity contribution in [3.05, 3.63) is 64.1 Å². The normalized spacial score (nSPS) is 10.8. The number of nitrogens with zero attached hydrogens (tertiary/aromatic N) is 2. The lowest BCUT2D eigenvalue weighted by Crippen LogP contribution is -2.06. The summed E-state index contributed by atoms with van der Waals surface area (Å²) in [4.78, 5) is 4.70. The molecule has 0 N–H and O–H groups in total. The quantitative estimate of drug-likeness (QED) is 0.610. The lowest BCUT2D eigenvalue weighted by molar-refractivity contribution is 0.214. The SMILES string of the molecule is CON=C(C#N)c1ccccc1COc1ccc(Br)cc1. The summed E-state index contributed by atoms with van der Waals surface area (Å²) in [5, 5.41) is 12.9. The maximum Gasteiger partial charge on any atom is 0.187 e. The van der Waals surface area contributed by atoms with E-state index in [1.807, 2.05) is 54.6 Å². The van der Waals surface area contributed by atoms with Crippen LogP contribution in [0.3, 0.4) is 0 Å². The molecular weight excluding hydrogens is 332 g/mol. The standard InChI is InChI=1S/C16H13BrN2O2/c1-20-19-16(10-18)15-5-3-2-4-12(15)11-21-14-8-6-13(17)7-9-14/h2-9H,11H2,1H3. The van der Waals surface area contributed by atoms with Crippen molar-refractivity contribution >= 4 is 21.6 Å². The first-order valence-corrected chi connectivity index (χ1v) is 7.02. The Morgan fingerprint density at radius 1 is 1.19 bits per heavy atom. The first-order chi connectivity index (χ1) is 10.2. The zero-order chi connectivity index (χ0) is 15.1. The van der Waals surface area contributed by atoms with E-state index in [0.29, 0.717) is 12.2 Å². The van der Waals surface area contributed by atoms with Gasteiger partial charge in [-0.2, -0.15) is 5.26 Å². The van der Waals surface area contributed by atoms with Crippen LogP contribution in [0.25, 0.3) is 0 Å². The number of hydrogen-bond donors (Lipinski definition) is 0. The van der Waals surface area contributed by atoms with Crippen molar-refractivity contribution in [1.82, 2.24) is 0 Å². The van der Waals surface area contributed by atoms with Gasteiger partial charge in [0.15, 0.2) is 5.71 Å². The Labute approximate surface area is 131 Å². The maximum absolute atomic E-state index is 9.14. The van der Waals surface area contributed by atoms with Gasteiger partial charge in [-0.25, -0.2) is 0 Å². The largest absolute Gasteiger partial charge is 0.489 e. The molecule has 0 amide bonds. The van der Waals surface area contributed by atoms with E-state index in [4.69, 9.17) is 14.8 Å². The van der Waals surface area contributed by atoms with Crippen molar-refractivity contribution in [2.45, 2.75) is 6.61 Å². The van der Waals surface area contributed by atoms with Gasteiger partial charge in [-0.05, 0) is 29.8 Å². The summed E-state index contributed by atoms with van der Waals surface area (Å²) in [6.07, 6.45) is 0. The zero-order valence-electron chi connectivity index (χ0n) is 11.4. The summed E-state index contributed by atoms with van der Waals surface area (Å²) < 4.78 is 6.73. The van der Waals surface area contributed by atoms with Crippen LogP contribution in [0.2, 0.25) is 0 Å². The Morgan fingerprint density at radius 2 is 1.90 bits per heavy atom. The summed E-state index contributed by atoms with van der Waals surface area (Å²) in [6, 6.07) is 17.1. The van der Waals surface area contributed by atoms with Crippen LogP contribution < -0.4 is 4.74 Å². The zero-order valence-corrected chi connectivity index (χ0v) is 13.0. The van der Waals surface area contributed by atoms with E-state index in [9.17, 15) is 0 Å². The minimum Gasteiger partial charge on any atom is -0.489 e. The van der Waals surface area contributed by atoms with Crippen LogP contribution in [0.5, 0.6) is 5.75 Å². The number of benzene rings is 2. The summed E-state index contributed by atoms with van der Waals surface area (Å²) in [6.45, 7) is 0.349. The molecule has 2 aromatic carbocycles. The molecule has 2 aromatic rings. The summed E-state index contributed by atoms with van der Waals surface area (Å²) in [7, 11) is 1.41. The monoisotopic (exact) mass is 344 g/mol. The third-order valence-electron chi connectivity index (χ3n) is 2.77. The average Bonchev–Trinajstić information content (AvgIpc) is 2.52. The van der Waals surface area contributed by atoms with Gasteiger partial charge < -0.3 is 9.57 Å². The van der Waals surface area contributed by atoms with Crippen molar-refractivity contribution < 1.29 is 9.57 Å². The number of hydrogen-bond acceptors (Lipinski definition) is 4. The number of nitriles is 1. The first kappa shape index (κ1) is 15.1. The van der Waals surface area contributed by atoms with Gasteiger partial charge in [0.25, 0.3) is 0 Å². The van der Waals surface area contributed by atoms with Gasteiger partial charge in [0.2, 0.25) is 0 Å². The van der Waals surface area contributed by atoms with Gasteiger partial charge in [0.1, 0.15) is 25.5 Å². The molecule has 0 saturated heterocycles. The predicted octanol–water partition coefficient (Wildman–Crippen LogP) is 3.90. The summed E-state index contributed by atoms with van der Waals surface area (Å²) in [5.41, 5.74) is 1.81. The molecule has 0 saturated carbocycles. The van der Waals surface area contributed by atoms with E-state index in [2.05, 4.69) is 21.1 Å². The van der Waals surface area contributed by atoms with Crippen LogP contribution in [-0.4, -0.2) is 12.8 Å². The van der Waals surface area contributed by atoms with Crippen LogP contribution in [0.1, 0.15) is 11.1 Å². The van der Waals surface area contributed by atoms with Gasteiger partial charge in [-0.3, -0.25) is 0 Å². The van der Waals surface area contributed by atoms with Gasteiger partial charge in [0.05, 0.1) is 0 Å². The molecule has 0 atom stereocenters. The fourth-order valence-electron chi connectivity index (χ4n) is 1.79. The van der Waals surface area contributed by atoms with Crippen molar-refractivity contribution in [2.24, 2.45) is 5.16 Å². The third kappa shape index (κ3) is 4.07. The topological polar surface area (TPSA) is 54.6 Å². The molecule has 4 nitrogen and oxygen atoms in total. The molecule has 0 heterocycles. The highest BCUT2D eigenvalue weighted by Crippen LogP contribution is 2.19. The molecule has 0 aliphatic rings. The lowest BCUT2D eigenvalue weighted by atomic mass is 10.0. The van der Waals surface area contributed by atoms with Crippen LogP contribution in [-0.2, 0) is 11.4 Å². The minimum absolute atomic E-state index is 0.229. The minimum atomic E-state index is 0.229. The smallest absolute Gasteiger partial charge is 0.187 e. The predicted molar refractivity (Wildman–Crippen MR) is 84.1 cm³/mol. The molecule has 21 heavy (non-hydrogen) atoms. The molecule has 0 spiro atoms. The molecule has 0 fully saturated rings. The second-order valence-electron chi connectivity index (χ2n) is 4.13. The second-order valence-corrected chi connectivity index (χ2v) is 5.05. The maximum atomic E-state index is 9.14. The number of halogens is 1. The molecule has 0 aromatic heterocycles. The molecule has 2 rings (SSSR count). The van der Waals surface area contributed by atoms with E-state index in [1.54, 1.807) is 0 Å². The van der Waals surface area contributed by atoms with E-state index < -0.39 is 0 Å². The Morgan fingerprint density at radius 3 is 2.57 bits per heavy atom. The highest BCUT2D eigenvalue weighted by atomic mass is 79.9. The van der Waals surface area contributed by atoms with Gasteiger partial charge >= 0.3 is 0 Å². The fourth-order valence-corrected chi connectivity index (χ4v) is 2.05. The van der Waals surface area contributed by atoms with Crippen molar-refractivity contribution in [3.8, 4) is 11.8 Å². The van der Waals surface area contributed by atoms with Crippen molar-refractivity contribution in [2.75, 3.05) is 7.11 Å². The highest BCUT2D eigenvalue weighted by Gasteiger charge is 2.10. The molecule has 0 aliphatic heterocycles. The molecule has 0 aliphatic carbocycles. The van der Waals surface area contributed by atoms with E-state index >= 15 is 0 Å². The number of oxime groups is 1. The van der Waals surface area contributed by atoms with Crippen LogP contribution in [0, 0.1) is 11.3 Å². The average molecular weight is 345 g/mol. The molecule has 0 unspecified atom stereocenters. The first-order valence-electron chi connectivity index (χ1n) is 6.22. The highest BCUT2D eigenvalue weighted by molar-refractivity contribution is 9.10. The van der Waals surface area contributed by atoms with Crippen molar-refractivity contribution in [1.29, 1.82) is 5.26 Å². The Hall–Kier alpha value is -2.32. The van der Waals surface area contributed by atoms with Crippen LogP contribution in [0.4, 0.5) is 0 Å². The Balaban J connectivity index is 2.19. The second kappa shape index (κ2) is 7.46. The number of rotatable bonds is 5. The molecule has 106 valence electrons. The van der Waals surface area contributed by atoms with E-state index in [0.717, 1.165) is 15.8 Å². The van der Waals surface area contributed by atoms with Crippen LogP contribution >= 0.6 is 15.9 Å².